The van der Waals surface area contributed by atoms with Crippen LogP contribution in [0, 0.1) is 11.8 Å². The third-order valence-corrected chi connectivity index (χ3v) is 20.4. The van der Waals surface area contributed by atoms with Crippen molar-refractivity contribution in [3.63, 3.8) is 0 Å². The molecule has 0 radical (unpaired) electrons. The molecule has 0 heterocycles. The number of hydrogen-bond donors (Lipinski definition) is 3. The van der Waals surface area contributed by atoms with Crippen LogP contribution in [0.2, 0.25) is 0 Å². The van der Waals surface area contributed by atoms with E-state index in [4.69, 9.17) is 37.0 Å². The Labute approximate surface area is 600 Å². The van der Waals surface area contributed by atoms with Gasteiger partial charge in [0.15, 0.2) is 12.2 Å². The number of carbonyl (C=O) groups excluding carboxylic acids is 4. The minimum absolute atomic E-state index is 0.107. The molecule has 17 nitrogen and oxygen atoms in total. The Morgan fingerprint density at radius 2 is 0.469 bits per heavy atom. The number of rotatable bonds is 78. The van der Waals surface area contributed by atoms with Crippen LogP contribution < -0.4 is 0 Å². The number of phosphoric ester groups is 2. The van der Waals surface area contributed by atoms with E-state index >= 15 is 0 Å². The van der Waals surface area contributed by atoms with Crippen LogP contribution in [0.4, 0.5) is 0 Å². The highest BCUT2D eigenvalue weighted by atomic mass is 31.2. The van der Waals surface area contributed by atoms with E-state index in [0.717, 1.165) is 115 Å². The number of aliphatic hydroxyl groups is 1. The lowest BCUT2D eigenvalue weighted by molar-refractivity contribution is -0.161. The molecule has 0 aromatic rings. The Balaban J connectivity index is 5.19. The fourth-order valence-corrected chi connectivity index (χ4v) is 13.8. The minimum Gasteiger partial charge on any atom is -0.462 e. The van der Waals surface area contributed by atoms with Crippen LogP contribution in [-0.2, 0) is 65.4 Å². The highest BCUT2D eigenvalue weighted by Crippen LogP contribution is 2.45. The number of esters is 4. The Hall–Kier alpha value is -1.94. The van der Waals surface area contributed by atoms with Gasteiger partial charge in [0, 0.05) is 25.7 Å². The summed E-state index contributed by atoms with van der Waals surface area (Å²) in [6.07, 6.45) is 59.8. The summed E-state index contributed by atoms with van der Waals surface area (Å²) >= 11 is 0. The Bertz CT molecular complexity index is 1890. The van der Waals surface area contributed by atoms with Gasteiger partial charge >= 0.3 is 39.5 Å². The molecule has 0 aliphatic rings. The summed E-state index contributed by atoms with van der Waals surface area (Å²) in [6.45, 7) is 9.62. The van der Waals surface area contributed by atoms with E-state index in [9.17, 15) is 43.2 Å². The molecular weight excluding hydrogens is 1280 g/mol. The average molecular weight is 1440 g/mol. The first kappa shape index (κ1) is 96.1. The highest BCUT2D eigenvalue weighted by molar-refractivity contribution is 7.47. The Morgan fingerprint density at radius 3 is 0.694 bits per heavy atom. The van der Waals surface area contributed by atoms with Gasteiger partial charge < -0.3 is 33.8 Å². The maximum Gasteiger partial charge on any atom is 0.472 e. The second-order valence-electron chi connectivity index (χ2n) is 29.4. The van der Waals surface area contributed by atoms with Gasteiger partial charge in [-0.15, -0.1) is 0 Å². The van der Waals surface area contributed by atoms with Crippen LogP contribution in [0.25, 0.3) is 0 Å². The van der Waals surface area contributed by atoms with Gasteiger partial charge in [0.2, 0.25) is 0 Å². The van der Waals surface area contributed by atoms with Crippen LogP contribution in [-0.4, -0.2) is 96.7 Å². The number of aliphatic hydroxyl groups excluding tert-OH is 1. The van der Waals surface area contributed by atoms with E-state index in [0.29, 0.717) is 25.7 Å². The van der Waals surface area contributed by atoms with E-state index in [1.54, 1.807) is 0 Å². The van der Waals surface area contributed by atoms with Crippen molar-refractivity contribution < 1.29 is 80.2 Å². The molecule has 0 aromatic carbocycles. The molecule has 0 aliphatic carbocycles. The topological polar surface area (TPSA) is 237 Å². The second kappa shape index (κ2) is 70.7. The first-order valence-electron chi connectivity index (χ1n) is 41.0. The highest BCUT2D eigenvalue weighted by Gasteiger charge is 2.30. The summed E-state index contributed by atoms with van der Waals surface area (Å²) < 4.78 is 68.6. The summed E-state index contributed by atoms with van der Waals surface area (Å²) in [5, 5.41) is 10.6. The fraction of sp³-hybridized carbons (Fsp3) is 0.949. The maximum atomic E-state index is 13.1. The predicted octanol–water partition coefficient (Wildman–Crippen LogP) is 23.5. The second-order valence-corrected chi connectivity index (χ2v) is 32.3. The monoisotopic (exact) mass is 1440 g/mol. The standard InChI is InChI=1S/C79H154O17P2/c1-7-9-11-13-15-16-17-18-19-20-21-22-29-34-39-45-51-57-63-79(84)96-75(68-90-77(82)62-56-50-44-38-33-28-24-23-26-31-36-42-47-53-59-71(3)4)70-94-98(87,88)92-66-73(80)65-91-97(85,86)93-69-74(67-89-76(81)61-55-49-41-14-12-10-8-2)95-78(83)64-58-52-46-40-35-30-25-27-32-37-43-48-54-60-72(5)6/h71-75,80H,7-70H2,1-6H3,(H,85,86)(H,87,88)/t73-,74+,75+/m0/s1. The smallest absolute Gasteiger partial charge is 0.462 e. The van der Waals surface area contributed by atoms with Crippen molar-refractivity contribution in [1.29, 1.82) is 0 Å². The number of carbonyl (C=O) groups is 4. The molecule has 5 atom stereocenters. The van der Waals surface area contributed by atoms with Crippen LogP contribution in [0.1, 0.15) is 414 Å². The van der Waals surface area contributed by atoms with E-state index < -0.39 is 97.5 Å². The van der Waals surface area contributed by atoms with E-state index in [1.165, 1.54) is 218 Å². The van der Waals surface area contributed by atoms with Gasteiger partial charge in [0.25, 0.3) is 0 Å². The zero-order valence-electron chi connectivity index (χ0n) is 64.1. The molecule has 0 saturated carbocycles. The third-order valence-electron chi connectivity index (χ3n) is 18.5. The summed E-state index contributed by atoms with van der Waals surface area (Å²) in [4.78, 5) is 72.8. The van der Waals surface area contributed by atoms with Gasteiger partial charge in [-0.1, -0.05) is 363 Å². The lowest BCUT2D eigenvalue weighted by atomic mass is 10.0. The summed E-state index contributed by atoms with van der Waals surface area (Å²) in [7, 11) is -9.91. The van der Waals surface area contributed by atoms with Gasteiger partial charge in [0.1, 0.15) is 19.3 Å². The molecule has 0 amide bonds. The summed E-state index contributed by atoms with van der Waals surface area (Å²) in [5.74, 6) is -0.529. The molecule has 0 spiro atoms. The van der Waals surface area contributed by atoms with Gasteiger partial charge in [-0.25, -0.2) is 9.13 Å². The molecule has 98 heavy (non-hydrogen) atoms. The number of hydrogen-bond acceptors (Lipinski definition) is 15. The van der Waals surface area contributed by atoms with Crippen molar-refractivity contribution in [2.45, 2.75) is 432 Å². The molecular formula is C79H154O17P2. The van der Waals surface area contributed by atoms with E-state index in [-0.39, 0.29) is 25.7 Å². The number of phosphoric acid groups is 2. The summed E-state index contributed by atoms with van der Waals surface area (Å²) in [5.41, 5.74) is 0. The van der Waals surface area contributed by atoms with Gasteiger partial charge in [0.05, 0.1) is 26.4 Å². The molecule has 3 N–H and O–H groups in total. The van der Waals surface area contributed by atoms with E-state index in [2.05, 4.69) is 41.5 Å². The van der Waals surface area contributed by atoms with Crippen molar-refractivity contribution in [2.75, 3.05) is 39.6 Å². The fourth-order valence-electron chi connectivity index (χ4n) is 12.2. The lowest BCUT2D eigenvalue weighted by Gasteiger charge is -2.21. The van der Waals surface area contributed by atoms with Crippen LogP contribution in [0.15, 0.2) is 0 Å². The maximum absolute atomic E-state index is 13.1. The van der Waals surface area contributed by atoms with Crippen LogP contribution in [0.5, 0.6) is 0 Å². The summed E-state index contributed by atoms with van der Waals surface area (Å²) in [6, 6.07) is 0. The number of unbranched alkanes of at least 4 members (excludes halogenated alkanes) is 48. The van der Waals surface area contributed by atoms with Crippen LogP contribution >= 0.6 is 15.6 Å². The van der Waals surface area contributed by atoms with Gasteiger partial charge in [-0.05, 0) is 37.5 Å². The van der Waals surface area contributed by atoms with Crippen molar-refractivity contribution in [1.82, 2.24) is 0 Å². The largest absolute Gasteiger partial charge is 0.472 e. The average Bonchev–Trinajstić information content (AvgIpc) is 0.989. The first-order chi connectivity index (χ1) is 47.4. The van der Waals surface area contributed by atoms with Crippen molar-refractivity contribution in [3.05, 3.63) is 0 Å². The SMILES string of the molecule is CCCCCCCCCCCCCCCCCCCCC(=O)O[C@H](COC(=O)CCCCCCCCCCCCCCCCC(C)C)COP(=O)(O)OC[C@@H](O)COP(=O)(O)OC[C@@H](COC(=O)CCCCCCCCC)OC(=O)CCCCCCCCCCCCCCCC(C)C. The normalized spacial score (nSPS) is 13.9. The zero-order chi connectivity index (χ0) is 72.1. The number of ether oxygens (including phenoxy) is 4. The van der Waals surface area contributed by atoms with Gasteiger partial charge in [-0.2, -0.15) is 0 Å². The molecule has 0 fully saturated rings. The molecule has 19 heteroatoms. The Morgan fingerprint density at radius 1 is 0.276 bits per heavy atom. The molecule has 2 unspecified atom stereocenters. The molecule has 0 bridgehead atoms. The lowest BCUT2D eigenvalue weighted by Crippen LogP contribution is -2.30. The van der Waals surface area contributed by atoms with E-state index in [1.807, 2.05) is 0 Å². The van der Waals surface area contributed by atoms with Crippen molar-refractivity contribution >= 4 is 39.5 Å². The minimum atomic E-state index is -4.96. The predicted molar refractivity (Wildman–Crippen MR) is 400 cm³/mol. The van der Waals surface area contributed by atoms with Gasteiger partial charge in [-0.3, -0.25) is 37.3 Å². The molecule has 0 aliphatic heterocycles. The molecule has 582 valence electrons. The molecule has 0 rings (SSSR count). The quantitative estimate of drug-likeness (QED) is 0.0222. The first-order valence-corrected chi connectivity index (χ1v) is 44.0. The van der Waals surface area contributed by atoms with Crippen molar-refractivity contribution in [3.8, 4) is 0 Å². The molecule has 0 aromatic heterocycles. The van der Waals surface area contributed by atoms with Crippen LogP contribution in [0.3, 0.4) is 0 Å². The Kier molecular flexibility index (Phi) is 69.3. The molecule has 0 saturated heterocycles. The zero-order valence-corrected chi connectivity index (χ0v) is 65.9. The van der Waals surface area contributed by atoms with Crippen molar-refractivity contribution in [2.24, 2.45) is 11.8 Å². The third kappa shape index (κ3) is 72.4.